The van der Waals surface area contributed by atoms with Crippen LogP contribution in [0.25, 0.3) is 0 Å². The van der Waals surface area contributed by atoms with Gasteiger partial charge in [-0.25, -0.2) is 9.49 Å². The Morgan fingerprint density at radius 1 is 1.20 bits per heavy atom. The molecule has 0 bridgehead atoms. The maximum atomic E-state index is 15.2. The molecular formula is C20H12FN5O4. The smallest absolute Gasteiger partial charge is 0.314 e. The van der Waals surface area contributed by atoms with Crippen molar-refractivity contribution in [1.29, 1.82) is 10.5 Å². The zero-order valence-electron chi connectivity index (χ0n) is 15.5. The van der Waals surface area contributed by atoms with Crippen LogP contribution in [0.4, 0.5) is 10.1 Å². The monoisotopic (exact) mass is 405 g/mol. The van der Waals surface area contributed by atoms with E-state index in [2.05, 4.69) is 10.2 Å². The number of H-pyrrole nitrogens is 1. The lowest BCUT2D eigenvalue weighted by Gasteiger charge is -2.11. The Hall–Kier alpha value is -4.57. The molecule has 1 N–H and O–H groups in total. The van der Waals surface area contributed by atoms with Crippen LogP contribution in [0.3, 0.4) is 0 Å². The Bertz CT molecular complexity index is 1270. The van der Waals surface area contributed by atoms with Gasteiger partial charge in [0, 0.05) is 18.1 Å². The number of hydrogen-bond acceptors (Lipinski definition) is 7. The fourth-order valence-electron chi connectivity index (χ4n) is 2.71. The van der Waals surface area contributed by atoms with Crippen molar-refractivity contribution in [3.8, 4) is 23.6 Å². The normalized spacial score (nSPS) is 10.1. The van der Waals surface area contributed by atoms with E-state index in [0.717, 1.165) is 6.07 Å². The maximum Gasteiger partial charge on any atom is 0.314 e. The van der Waals surface area contributed by atoms with Crippen molar-refractivity contribution in [3.05, 3.63) is 90.6 Å². The molecule has 0 atom stereocenters. The number of aromatic amines is 1. The highest BCUT2D eigenvalue weighted by molar-refractivity contribution is 5.54. The highest BCUT2D eigenvalue weighted by atomic mass is 19.1. The topological polar surface area (TPSA) is 146 Å². The first-order valence-corrected chi connectivity index (χ1v) is 8.46. The second-order valence-electron chi connectivity index (χ2n) is 6.26. The van der Waals surface area contributed by atoms with E-state index >= 15 is 4.39 Å². The molecule has 0 unspecified atom stereocenters. The average Bonchev–Trinajstić information content (AvgIpc) is 2.73. The van der Waals surface area contributed by atoms with Crippen molar-refractivity contribution in [2.45, 2.75) is 13.3 Å². The van der Waals surface area contributed by atoms with Crippen LogP contribution >= 0.6 is 0 Å². The third-order valence-electron chi connectivity index (χ3n) is 4.15. The molecule has 3 aromatic rings. The zero-order chi connectivity index (χ0) is 21.8. The van der Waals surface area contributed by atoms with Crippen LogP contribution in [-0.4, -0.2) is 15.1 Å². The number of halogens is 1. The van der Waals surface area contributed by atoms with Crippen molar-refractivity contribution in [2.75, 3.05) is 0 Å². The summed E-state index contributed by atoms with van der Waals surface area (Å²) >= 11 is 0. The first-order valence-electron chi connectivity index (χ1n) is 8.46. The Morgan fingerprint density at radius 3 is 2.43 bits per heavy atom. The van der Waals surface area contributed by atoms with Crippen LogP contribution in [0.5, 0.6) is 11.5 Å². The summed E-state index contributed by atoms with van der Waals surface area (Å²) in [5.41, 5.74) is -0.0561. The van der Waals surface area contributed by atoms with Gasteiger partial charge in [0.05, 0.1) is 33.9 Å². The third-order valence-corrected chi connectivity index (χ3v) is 4.15. The second kappa shape index (κ2) is 8.20. The van der Waals surface area contributed by atoms with Gasteiger partial charge in [0.1, 0.15) is 5.75 Å². The number of nitrogens with zero attached hydrogens (tertiary/aromatic N) is 4. The predicted molar refractivity (Wildman–Crippen MR) is 101 cm³/mol. The van der Waals surface area contributed by atoms with E-state index in [1.807, 2.05) is 12.1 Å². The molecule has 2 aromatic carbocycles. The van der Waals surface area contributed by atoms with Crippen LogP contribution in [0.2, 0.25) is 0 Å². The summed E-state index contributed by atoms with van der Waals surface area (Å²) < 4.78 is 20.6. The first kappa shape index (κ1) is 20.2. The number of ether oxygens (including phenoxy) is 1. The lowest BCUT2D eigenvalue weighted by atomic mass is 10.1. The molecule has 0 saturated heterocycles. The summed E-state index contributed by atoms with van der Waals surface area (Å²) in [6.45, 7) is 1.57. The zero-order valence-corrected chi connectivity index (χ0v) is 15.5. The lowest BCUT2D eigenvalue weighted by molar-refractivity contribution is -0.385. The van der Waals surface area contributed by atoms with Crippen molar-refractivity contribution in [1.82, 2.24) is 10.2 Å². The third kappa shape index (κ3) is 4.13. The van der Waals surface area contributed by atoms with Gasteiger partial charge in [-0.15, -0.1) is 0 Å². The Kier molecular flexibility index (Phi) is 5.52. The molecule has 1 aromatic heterocycles. The summed E-state index contributed by atoms with van der Waals surface area (Å²) in [7, 11) is 0. The minimum atomic E-state index is -0.990. The van der Waals surface area contributed by atoms with Crippen molar-refractivity contribution >= 4 is 5.69 Å². The summed E-state index contributed by atoms with van der Waals surface area (Å²) in [6.07, 6.45) is -0.0561. The van der Waals surface area contributed by atoms with E-state index in [4.69, 9.17) is 15.3 Å². The maximum absolute atomic E-state index is 15.2. The molecular weight excluding hydrogens is 393 g/mol. The molecule has 0 aliphatic carbocycles. The molecule has 0 amide bonds. The van der Waals surface area contributed by atoms with E-state index in [1.165, 1.54) is 30.3 Å². The van der Waals surface area contributed by atoms with Crippen LogP contribution < -0.4 is 10.3 Å². The summed E-state index contributed by atoms with van der Waals surface area (Å²) in [5.74, 6) is -1.74. The number of aromatic nitrogens is 2. The highest BCUT2D eigenvalue weighted by Crippen LogP contribution is 2.36. The number of aryl methyl sites for hydroxylation is 1. The SMILES string of the molecule is Cc1cc(Cc2ccc([N+](=O)[O-])c(Oc3cc(C#N)cc(C#N)c3)c2F)n[nH]c1=O. The van der Waals surface area contributed by atoms with Gasteiger partial charge in [-0.05, 0) is 42.8 Å². The van der Waals surface area contributed by atoms with E-state index in [0.29, 0.717) is 11.3 Å². The fraction of sp³-hybridized carbons (Fsp3) is 0.100. The molecule has 1 heterocycles. The second-order valence-corrected chi connectivity index (χ2v) is 6.26. The molecule has 0 saturated carbocycles. The minimum Gasteiger partial charge on any atom is -0.447 e. The number of nitro benzene ring substituents is 1. The Labute approximate surface area is 168 Å². The fourth-order valence-corrected chi connectivity index (χ4v) is 2.71. The predicted octanol–water partition coefficient (Wildman–Crippen LogP) is 3.25. The number of benzene rings is 2. The lowest BCUT2D eigenvalue weighted by Crippen LogP contribution is -2.13. The quantitative estimate of drug-likeness (QED) is 0.506. The Balaban J connectivity index is 2.07. The standard InChI is InChI=1S/C20H12FN5O4/c1-11-4-15(24-25-20(11)27)8-14-2-3-17(26(28)29)19(18(14)21)30-16-6-12(9-22)5-13(7-16)10-23/h2-7H,8H2,1H3,(H,25,27). The highest BCUT2D eigenvalue weighted by Gasteiger charge is 2.24. The minimum absolute atomic E-state index is 0.0477. The first-order chi connectivity index (χ1) is 14.3. The average molecular weight is 405 g/mol. The number of nitrogens with one attached hydrogen (secondary N) is 1. The molecule has 3 rings (SSSR count). The van der Waals surface area contributed by atoms with Gasteiger partial charge in [0.2, 0.25) is 5.75 Å². The van der Waals surface area contributed by atoms with E-state index in [-0.39, 0.29) is 34.4 Å². The van der Waals surface area contributed by atoms with Gasteiger partial charge in [0.25, 0.3) is 5.56 Å². The molecule has 0 radical (unpaired) electrons. The van der Waals surface area contributed by atoms with Gasteiger partial charge < -0.3 is 4.74 Å². The molecule has 9 nitrogen and oxygen atoms in total. The summed E-state index contributed by atoms with van der Waals surface area (Å²) in [4.78, 5) is 22.0. The van der Waals surface area contributed by atoms with Crippen molar-refractivity contribution in [3.63, 3.8) is 0 Å². The summed E-state index contributed by atoms with van der Waals surface area (Å²) in [6, 6.07) is 11.3. The van der Waals surface area contributed by atoms with Gasteiger partial charge in [-0.1, -0.05) is 0 Å². The molecule has 0 aliphatic rings. The number of nitriles is 2. The number of rotatable bonds is 5. The van der Waals surface area contributed by atoms with E-state index < -0.39 is 22.2 Å². The largest absolute Gasteiger partial charge is 0.447 e. The molecule has 10 heteroatoms. The van der Waals surface area contributed by atoms with Gasteiger partial charge >= 0.3 is 5.69 Å². The molecule has 148 valence electrons. The molecule has 30 heavy (non-hydrogen) atoms. The van der Waals surface area contributed by atoms with Crippen LogP contribution in [0.1, 0.15) is 27.9 Å². The van der Waals surface area contributed by atoms with E-state index in [9.17, 15) is 14.9 Å². The molecule has 0 aliphatic heterocycles. The van der Waals surface area contributed by atoms with Gasteiger partial charge in [0.15, 0.2) is 5.82 Å². The van der Waals surface area contributed by atoms with Gasteiger partial charge in [-0.3, -0.25) is 14.9 Å². The van der Waals surface area contributed by atoms with Crippen molar-refractivity contribution < 1.29 is 14.1 Å². The Morgan fingerprint density at radius 2 is 1.87 bits per heavy atom. The van der Waals surface area contributed by atoms with Crippen molar-refractivity contribution in [2.24, 2.45) is 0 Å². The molecule has 0 spiro atoms. The van der Waals surface area contributed by atoms with Crippen LogP contribution in [-0.2, 0) is 6.42 Å². The number of nitro groups is 1. The van der Waals surface area contributed by atoms with E-state index in [1.54, 1.807) is 6.92 Å². The number of hydrogen-bond donors (Lipinski definition) is 1. The summed E-state index contributed by atoms with van der Waals surface area (Å²) in [5, 5.41) is 35.6. The van der Waals surface area contributed by atoms with Crippen LogP contribution in [0, 0.1) is 45.5 Å². The molecule has 0 fully saturated rings. The van der Waals surface area contributed by atoms with Crippen LogP contribution in [0.15, 0.2) is 41.2 Å². The van der Waals surface area contributed by atoms with Gasteiger partial charge in [-0.2, -0.15) is 15.6 Å².